The van der Waals surface area contributed by atoms with E-state index in [0.29, 0.717) is 0 Å². The van der Waals surface area contributed by atoms with E-state index in [1.165, 1.54) is 44.4 Å². The lowest BCUT2D eigenvalue weighted by molar-refractivity contribution is 1.13. The van der Waals surface area contributed by atoms with E-state index in [-0.39, 0.29) is 0 Å². The zero-order valence-electron chi connectivity index (χ0n) is 19.3. The SMILES string of the molecule is CN(C)c1ccc(C=Cc2ccc3cc(C=Cc4ccc(N(C)C)cc4)ccc3c2)cc1. The molecule has 0 heterocycles. The molecule has 2 heteroatoms. The summed E-state index contributed by atoms with van der Waals surface area (Å²) in [6.45, 7) is 0. The van der Waals surface area contributed by atoms with Gasteiger partial charge in [0, 0.05) is 39.6 Å². The topological polar surface area (TPSA) is 6.48 Å². The highest BCUT2D eigenvalue weighted by molar-refractivity contribution is 5.88. The summed E-state index contributed by atoms with van der Waals surface area (Å²) in [5.74, 6) is 0. The maximum atomic E-state index is 2.24. The number of fused-ring (bicyclic) bond motifs is 1. The largest absolute Gasteiger partial charge is 0.378 e. The first-order valence-electron chi connectivity index (χ1n) is 10.9. The zero-order valence-corrected chi connectivity index (χ0v) is 19.3. The summed E-state index contributed by atoms with van der Waals surface area (Å²) < 4.78 is 0. The van der Waals surface area contributed by atoms with Gasteiger partial charge < -0.3 is 9.80 Å². The molecule has 0 saturated carbocycles. The van der Waals surface area contributed by atoms with Crippen molar-refractivity contribution in [3.8, 4) is 0 Å². The highest BCUT2D eigenvalue weighted by Crippen LogP contribution is 2.22. The van der Waals surface area contributed by atoms with E-state index in [1.807, 2.05) is 0 Å². The summed E-state index contributed by atoms with van der Waals surface area (Å²) in [5, 5.41) is 2.50. The summed E-state index contributed by atoms with van der Waals surface area (Å²) >= 11 is 0. The second kappa shape index (κ2) is 9.57. The Labute approximate surface area is 191 Å². The van der Waals surface area contributed by atoms with Crippen molar-refractivity contribution >= 4 is 46.5 Å². The van der Waals surface area contributed by atoms with Gasteiger partial charge in [-0.2, -0.15) is 0 Å². The molecule has 0 N–H and O–H groups in total. The van der Waals surface area contributed by atoms with E-state index in [1.54, 1.807) is 0 Å². The van der Waals surface area contributed by atoms with Crippen LogP contribution in [0.4, 0.5) is 11.4 Å². The maximum Gasteiger partial charge on any atom is 0.0361 e. The molecular weight excluding hydrogens is 388 g/mol. The van der Waals surface area contributed by atoms with Gasteiger partial charge in [-0.15, -0.1) is 0 Å². The standard InChI is InChI=1S/C30H30N2/c1-31(2)29-17-11-23(12-18-29)5-7-25-9-15-28-22-26(10-16-27(28)21-25)8-6-24-13-19-30(20-14-24)32(3)4/h5-22H,1-4H3. The molecule has 4 rings (SSSR count). The second-order valence-corrected chi connectivity index (χ2v) is 8.50. The van der Waals surface area contributed by atoms with Crippen LogP contribution in [0.1, 0.15) is 22.3 Å². The lowest BCUT2D eigenvalue weighted by atomic mass is 10.0. The lowest BCUT2D eigenvalue weighted by Crippen LogP contribution is -2.07. The van der Waals surface area contributed by atoms with Gasteiger partial charge >= 0.3 is 0 Å². The zero-order chi connectivity index (χ0) is 22.5. The molecule has 0 aliphatic rings. The Kier molecular flexibility index (Phi) is 6.42. The van der Waals surface area contributed by atoms with Gasteiger partial charge in [0.1, 0.15) is 0 Å². The molecule has 0 radical (unpaired) electrons. The molecule has 0 aromatic heterocycles. The fourth-order valence-corrected chi connectivity index (χ4v) is 3.64. The fourth-order valence-electron chi connectivity index (χ4n) is 3.64. The predicted molar refractivity (Wildman–Crippen MR) is 143 cm³/mol. The Morgan fingerprint density at radius 1 is 0.406 bits per heavy atom. The van der Waals surface area contributed by atoms with Crippen LogP contribution >= 0.6 is 0 Å². The van der Waals surface area contributed by atoms with Gasteiger partial charge in [-0.1, -0.05) is 72.8 Å². The molecule has 32 heavy (non-hydrogen) atoms. The van der Waals surface area contributed by atoms with Crippen molar-refractivity contribution in [3.63, 3.8) is 0 Å². The Balaban J connectivity index is 1.48. The molecular formula is C30H30N2. The average molecular weight is 419 g/mol. The van der Waals surface area contributed by atoms with Crippen LogP contribution in [-0.4, -0.2) is 28.2 Å². The van der Waals surface area contributed by atoms with E-state index in [2.05, 4.69) is 147 Å². The third-order valence-corrected chi connectivity index (χ3v) is 5.64. The van der Waals surface area contributed by atoms with Gasteiger partial charge in [0.15, 0.2) is 0 Å². The van der Waals surface area contributed by atoms with Crippen molar-refractivity contribution in [2.45, 2.75) is 0 Å². The first kappa shape index (κ1) is 21.5. The van der Waals surface area contributed by atoms with Gasteiger partial charge in [-0.25, -0.2) is 0 Å². The summed E-state index contributed by atoms with van der Waals surface area (Å²) in [7, 11) is 8.24. The summed E-state index contributed by atoms with van der Waals surface area (Å²) in [5.41, 5.74) is 7.24. The summed E-state index contributed by atoms with van der Waals surface area (Å²) in [6.07, 6.45) is 8.68. The van der Waals surface area contributed by atoms with Crippen molar-refractivity contribution in [3.05, 3.63) is 107 Å². The molecule has 0 amide bonds. The normalized spacial score (nSPS) is 11.5. The van der Waals surface area contributed by atoms with Crippen LogP contribution in [-0.2, 0) is 0 Å². The Morgan fingerprint density at radius 2 is 0.719 bits per heavy atom. The Morgan fingerprint density at radius 3 is 1.06 bits per heavy atom. The molecule has 0 unspecified atom stereocenters. The third kappa shape index (κ3) is 5.28. The molecule has 0 aliphatic heterocycles. The minimum Gasteiger partial charge on any atom is -0.378 e. The van der Waals surface area contributed by atoms with Crippen molar-refractivity contribution in [1.29, 1.82) is 0 Å². The Hall–Kier alpha value is -3.78. The predicted octanol–water partition coefficient (Wildman–Crippen LogP) is 7.31. The number of hydrogen-bond donors (Lipinski definition) is 0. The molecule has 0 aliphatic carbocycles. The lowest BCUT2D eigenvalue weighted by Gasteiger charge is -2.11. The molecule has 0 spiro atoms. The van der Waals surface area contributed by atoms with Crippen LogP contribution in [0.3, 0.4) is 0 Å². The van der Waals surface area contributed by atoms with Gasteiger partial charge in [-0.05, 0) is 69.4 Å². The van der Waals surface area contributed by atoms with E-state index in [4.69, 9.17) is 0 Å². The quantitative estimate of drug-likeness (QED) is 0.303. The third-order valence-electron chi connectivity index (χ3n) is 5.64. The first-order valence-corrected chi connectivity index (χ1v) is 10.9. The Bertz CT molecular complexity index is 1140. The molecule has 0 saturated heterocycles. The number of benzene rings is 4. The van der Waals surface area contributed by atoms with Crippen LogP contribution in [0.15, 0.2) is 84.9 Å². The number of hydrogen-bond acceptors (Lipinski definition) is 2. The molecule has 4 aromatic carbocycles. The molecule has 2 nitrogen and oxygen atoms in total. The van der Waals surface area contributed by atoms with Gasteiger partial charge in [0.25, 0.3) is 0 Å². The van der Waals surface area contributed by atoms with E-state index >= 15 is 0 Å². The van der Waals surface area contributed by atoms with Crippen LogP contribution in [0, 0.1) is 0 Å². The average Bonchev–Trinajstić information content (AvgIpc) is 2.81. The number of anilines is 2. The summed E-state index contributed by atoms with van der Waals surface area (Å²) in [4.78, 5) is 4.22. The molecule has 160 valence electrons. The minimum absolute atomic E-state index is 1.20. The number of rotatable bonds is 6. The first-order chi connectivity index (χ1) is 15.5. The van der Waals surface area contributed by atoms with Crippen LogP contribution in [0.5, 0.6) is 0 Å². The van der Waals surface area contributed by atoms with E-state index in [0.717, 1.165) is 0 Å². The van der Waals surface area contributed by atoms with Crippen LogP contribution < -0.4 is 9.80 Å². The van der Waals surface area contributed by atoms with Gasteiger partial charge in [-0.3, -0.25) is 0 Å². The maximum absolute atomic E-state index is 2.24. The van der Waals surface area contributed by atoms with Crippen molar-refractivity contribution in [2.75, 3.05) is 38.0 Å². The minimum atomic E-state index is 1.20. The fraction of sp³-hybridized carbons (Fsp3) is 0.133. The molecule has 0 atom stereocenters. The highest BCUT2D eigenvalue weighted by Gasteiger charge is 1.98. The van der Waals surface area contributed by atoms with Crippen LogP contribution in [0.2, 0.25) is 0 Å². The van der Waals surface area contributed by atoms with E-state index < -0.39 is 0 Å². The monoisotopic (exact) mass is 418 g/mol. The molecule has 0 bridgehead atoms. The van der Waals surface area contributed by atoms with Crippen molar-refractivity contribution in [2.24, 2.45) is 0 Å². The van der Waals surface area contributed by atoms with Gasteiger partial charge in [0.2, 0.25) is 0 Å². The second-order valence-electron chi connectivity index (χ2n) is 8.50. The molecule has 0 fully saturated rings. The van der Waals surface area contributed by atoms with E-state index in [9.17, 15) is 0 Å². The summed E-state index contributed by atoms with van der Waals surface area (Å²) in [6, 6.07) is 30.4. The number of nitrogens with zero attached hydrogens (tertiary/aromatic N) is 2. The van der Waals surface area contributed by atoms with Gasteiger partial charge in [0.05, 0.1) is 0 Å². The van der Waals surface area contributed by atoms with Crippen LogP contribution in [0.25, 0.3) is 35.1 Å². The van der Waals surface area contributed by atoms with Crippen molar-refractivity contribution in [1.82, 2.24) is 0 Å². The molecule has 4 aromatic rings. The smallest absolute Gasteiger partial charge is 0.0361 e. The van der Waals surface area contributed by atoms with Crippen molar-refractivity contribution < 1.29 is 0 Å². The highest BCUT2D eigenvalue weighted by atomic mass is 15.1.